The van der Waals surface area contributed by atoms with Crippen LogP contribution in [0.1, 0.15) is 153 Å². The van der Waals surface area contributed by atoms with Gasteiger partial charge in [0.25, 0.3) is 0 Å². The van der Waals surface area contributed by atoms with E-state index in [9.17, 15) is 9.59 Å². The van der Waals surface area contributed by atoms with E-state index in [1.54, 1.807) is 179 Å². The van der Waals surface area contributed by atoms with Gasteiger partial charge >= 0.3 is 5.97 Å². The summed E-state index contributed by atoms with van der Waals surface area (Å²) < 4.78 is 5.23. The number of pyridine rings is 2. The van der Waals surface area contributed by atoms with Gasteiger partial charge in [-0.05, 0) is 59.8 Å². The molecule has 0 aromatic carbocycles. The molecule has 0 saturated heterocycles. The third-order valence-corrected chi connectivity index (χ3v) is 52.2. The number of carbonyl (C=O) groups excluding carboxylic acids is 2. The van der Waals surface area contributed by atoms with Crippen molar-refractivity contribution in [2.75, 3.05) is 0 Å². The fourth-order valence-electron chi connectivity index (χ4n) is 4.57. The van der Waals surface area contributed by atoms with Crippen molar-refractivity contribution in [2.24, 2.45) is 0 Å². The van der Waals surface area contributed by atoms with Gasteiger partial charge in [-0.25, -0.2) is 0 Å². The van der Waals surface area contributed by atoms with Gasteiger partial charge in [-0.15, -0.1) is 0 Å². The number of rotatable bonds is 23. The SMILES string of the molecule is CCCCCCCCCCCC(=O)Cl.CCCCCCCCCCCC(=O)OCc1ccncc1.OCc1ccncc1.S=S=S=S=S=S=S=S=S=S=S=S=S=S=S=S=S=S=S=S=S=S=S. The maximum atomic E-state index is 11.6. The molecule has 0 spiro atoms. The van der Waals surface area contributed by atoms with Crippen LogP contribution >= 0.6 is 11.6 Å². The van der Waals surface area contributed by atoms with Crippen molar-refractivity contribution in [3.63, 3.8) is 0 Å². The minimum absolute atomic E-state index is 0.0882. The Balaban J connectivity index is 0. The zero-order chi connectivity index (χ0) is 48.5. The molecule has 0 aliphatic heterocycles. The van der Waals surface area contributed by atoms with Crippen LogP contribution in [0.4, 0.5) is 0 Å². The molecule has 2 heterocycles. The molecule has 1 N–H and O–H groups in total. The Hall–Kier alpha value is 2.75. The molecule has 0 atom stereocenters. The lowest BCUT2D eigenvalue weighted by atomic mass is 10.1. The summed E-state index contributed by atoms with van der Waals surface area (Å²) in [6.45, 7) is 4.94. The van der Waals surface area contributed by atoms with E-state index >= 15 is 0 Å². The molecular formula is C36H59ClN2O4S23. The summed E-state index contributed by atoms with van der Waals surface area (Å²) in [6, 6.07) is 7.29. The van der Waals surface area contributed by atoms with Gasteiger partial charge in [0.2, 0.25) is 5.24 Å². The fourth-order valence-corrected chi connectivity index (χ4v) is 56.8. The molecular weight excluding hydrogens is 1300 g/mol. The summed E-state index contributed by atoms with van der Waals surface area (Å²) in [5.41, 5.74) is 1.89. The van der Waals surface area contributed by atoms with Crippen LogP contribution in [0.2, 0.25) is 0 Å². The second-order valence-corrected chi connectivity index (χ2v) is 50.0. The third kappa shape index (κ3) is 62.9. The van der Waals surface area contributed by atoms with Crippen molar-refractivity contribution < 1.29 is 19.4 Å². The number of aliphatic hydroxyl groups excluding tert-OH is 1. The summed E-state index contributed by atoms with van der Waals surface area (Å²) in [6.07, 6.45) is 30.7. The summed E-state index contributed by atoms with van der Waals surface area (Å²) >= 11 is 14.8. The van der Waals surface area contributed by atoms with Crippen LogP contribution in [0, 0.1) is 0 Å². The molecule has 30 heteroatoms. The zero-order valence-electron chi connectivity index (χ0n) is 36.5. The second-order valence-electron chi connectivity index (χ2n) is 12.5. The minimum atomic E-state index is -0.187. The van der Waals surface area contributed by atoms with Crippen molar-refractivity contribution in [2.45, 2.75) is 155 Å². The van der Waals surface area contributed by atoms with Gasteiger partial charge in [0.15, 0.2) is 0 Å². The fraction of sp³-hybridized carbons (Fsp3) is 0.667. The Bertz CT molecular complexity index is 2430. The second kappa shape index (κ2) is 63.9. The highest BCUT2D eigenvalue weighted by atomic mass is 35.5. The van der Waals surface area contributed by atoms with E-state index in [1.165, 1.54) is 108 Å². The Labute approximate surface area is 469 Å². The van der Waals surface area contributed by atoms with E-state index in [4.69, 9.17) is 43.8 Å². The van der Waals surface area contributed by atoms with Crippen molar-refractivity contribution in [3.8, 4) is 0 Å². The highest BCUT2D eigenvalue weighted by Crippen LogP contribution is 2.12. The molecule has 66 heavy (non-hydrogen) atoms. The first kappa shape index (κ1) is 70.8. The molecule has 382 valence electrons. The largest absolute Gasteiger partial charge is 0.461 e. The monoisotopic (exact) mass is 1350 g/mol. The molecule has 0 amide bonds. The Morgan fingerprint density at radius 1 is 0.470 bits per heavy atom. The zero-order valence-corrected chi connectivity index (χ0v) is 56.0. The number of halogens is 1. The minimum Gasteiger partial charge on any atom is -0.461 e. The average molecular weight is 1360 g/mol. The van der Waals surface area contributed by atoms with E-state index in [2.05, 4.69) is 23.8 Å². The van der Waals surface area contributed by atoms with Crippen molar-refractivity contribution in [1.29, 1.82) is 0 Å². The number of esters is 1. The first-order valence-electron chi connectivity index (χ1n) is 20.4. The Morgan fingerprint density at radius 2 is 0.758 bits per heavy atom. The molecule has 0 aliphatic rings. The standard InChI is InChI=1S/C18H29NO2.C12H23ClO.C6H7NO.S23/c1-2-3-4-5-6-7-8-9-10-11-18(20)21-16-17-12-14-19-15-13-17;1-2-3-4-5-6-7-8-9-10-11-12(13)14;8-5-6-1-3-7-4-2-6;1-3-5-7-9-11-13-15-17-19-21-23-22-20-18-16-14-12-10-8-6-4-2/h12-15H,2-11,16H2,1H3;2-11H2,1H3;1-4,8H,5H2;. The number of ether oxygens (including phenoxy) is 1. The van der Waals surface area contributed by atoms with Gasteiger partial charge in [0, 0.05) is 246 Å². The van der Waals surface area contributed by atoms with Crippen molar-refractivity contribution >= 4 is 232 Å². The first-order valence-corrected chi connectivity index (χ1v) is 50.1. The molecule has 0 fully saturated rings. The predicted molar refractivity (Wildman–Crippen MR) is 348 cm³/mol. The van der Waals surface area contributed by atoms with Crippen LogP contribution in [-0.4, -0.2) is 26.3 Å². The van der Waals surface area contributed by atoms with E-state index < -0.39 is 0 Å². The lowest BCUT2D eigenvalue weighted by Gasteiger charge is -2.05. The molecule has 0 aliphatic carbocycles. The predicted octanol–water partition coefficient (Wildman–Crippen LogP) is 10.2. The lowest BCUT2D eigenvalue weighted by molar-refractivity contribution is -0.145. The average Bonchev–Trinajstić information content (AvgIpc) is 3.34. The van der Waals surface area contributed by atoms with Crippen LogP contribution in [0.25, 0.3) is 0 Å². The lowest BCUT2D eigenvalue weighted by Crippen LogP contribution is -2.04. The van der Waals surface area contributed by atoms with Gasteiger partial charge < -0.3 is 9.84 Å². The quantitative estimate of drug-likeness (QED) is 0.0669. The van der Waals surface area contributed by atoms with Crippen LogP contribution in [0.5, 0.6) is 0 Å². The van der Waals surface area contributed by atoms with Crippen LogP contribution in [0.3, 0.4) is 0 Å². The van der Waals surface area contributed by atoms with Gasteiger partial charge in [-0.3, -0.25) is 19.6 Å². The Kier molecular flexibility index (Phi) is 68.5. The van der Waals surface area contributed by atoms with Gasteiger partial charge in [-0.1, -0.05) is 117 Å². The van der Waals surface area contributed by atoms with Gasteiger partial charge in [0.1, 0.15) is 6.61 Å². The maximum absolute atomic E-state index is 11.6. The summed E-state index contributed by atoms with van der Waals surface area (Å²) in [7, 11) is 36.3. The van der Waals surface area contributed by atoms with Crippen molar-refractivity contribution in [1.82, 2.24) is 9.97 Å². The van der Waals surface area contributed by atoms with E-state index in [0.717, 1.165) is 36.8 Å². The summed E-state index contributed by atoms with van der Waals surface area (Å²) in [5, 5.41) is 8.32. The first-order chi connectivity index (χ1) is 32.4. The number of nitrogens with zero attached hydrogens (tertiary/aromatic N) is 2. The highest BCUT2D eigenvalue weighted by Gasteiger charge is 2.03. The molecule has 2 aromatic rings. The van der Waals surface area contributed by atoms with E-state index in [0.29, 0.717) is 19.4 Å². The smallest absolute Gasteiger partial charge is 0.306 e. The maximum Gasteiger partial charge on any atom is 0.306 e. The number of hydrogen-bond acceptors (Lipinski definition) is 8. The number of carbonyl (C=O) groups is 2. The number of aliphatic hydroxyl groups is 1. The number of hydrogen-bond donors (Lipinski definition) is 1. The molecule has 0 bridgehead atoms. The number of unbranched alkanes of at least 4 members (excludes halogenated alkanes) is 16. The van der Waals surface area contributed by atoms with E-state index in [1.807, 2.05) is 38.8 Å². The normalized spacial score (nSPS) is 9.27. The summed E-state index contributed by atoms with van der Waals surface area (Å²) in [5.74, 6) is -0.0882. The highest BCUT2D eigenvalue weighted by molar-refractivity contribution is 8.78. The van der Waals surface area contributed by atoms with Crippen LogP contribution in [0.15, 0.2) is 49.1 Å². The van der Waals surface area contributed by atoms with Gasteiger partial charge in [0.05, 0.1) is 6.61 Å². The topological polar surface area (TPSA) is 89.4 Å². The molecule has 2 rings (SSSR count). The molecule has 0 radical (unpaired) electrons. The van der Waals surface area contributed by atoms with E-state index in [-0.39, 0.29) is 17.8 Å². The van der Waals surface area contributed by atoms with Crippen molar-refractivity contribution in [3.05, 3.63) is 60.2 Å². The molecule has 2 aromatic heterocycles. The molecule has 0 saturated carbocycles. The summed E-state index contributed by atoms with van der Waals surface area (Å²) in [4.78, 5) is 29.7. The van der Waals surface area contributed by atoms with Crippen LogP contribution < -0.4 is 0 Å². The van der Waals surface area contributed by atoms with Crippen LogP contribution in [-0.2, 0) is 236 Å². The number of aromatic nitrogens is 2. The molecule has 6 nitrogen and oxygen atoms in total. The third-order valence-electron chi connectivity index (χ3n) is 7.60. The molecule has 0 unspecified atom stereocenters. The Morgan fingerprint density at radius 3 is 1.05 bits per heavy atom. The van der Waals surface area contributed by atoms with Gasteiger partial charge in [-0.2, -0.15) is 0 Å².